The van der Waals surface area contributed by atoms with Crippen LogP contribution >= 0.6 is 11.3 Å². The van der Waals surface area contributed by atoms with Crippen molar-refractivity contribution in [2.24, 2.45) is 0 Å². The van der Waals surface area contributed by atoms with Crippen LogP contribution in [-0.4, -0.2) is 4.98 Å². The first-order valence-corrected chi connectivity index (χ1v) is 13.9. The molecule has 1 atom stereocenters. The number of nitrogens with one attached hydrogen (secondary N) is 1. The predicted molar refractivity (Wildman–Crippen MR) is 156 cm³/mol. The largest absolute Gasteiger partial charge is 0.359 e. The van der Waals surface area contributed by atoms with Crippen molar-refractivity contribution >= 4 is 48.7 Å². The van der Waals surface area contributed by atoms with Crippen LogP contribution < -0.4 is 10.2 Å². The van der Waals surface area contributed by atoms with Gasteiger partial charge in [-0.15, -0.1) is 11.3 Å². The SMILES string of the molecule is CCc1ccc2c(n1)sc1ccc(C3Nc4ccccc4N3c3c(C(C)C)cccc3C(C)C)cc12. The molecule has 2 aromatic heterocycles. The molecule has 0 radical (unpaired) electrons. The summed E-state index contributed by atoms with van der Waals surface area (Å²) in [6.45, 7) is 11.4. The van der Waals surface area contributed by atoms with Gasteiger partial charge in [0.05, 0.1) is 17.1 Å². The van der Waals surface area contributed by atoms with E-state index in [0.29, 0.717) is 11.8 Å². The maximum absolute atomic E-state index is 4.91. The number of pyridine rings is 1. The zero-order valence-corrected chi connectivity index (χ0v) is 22.5. The molecule has 1 unspecified atom stereocenters. The van der Waals surface area contributed by atoms with Crippen molar-refractivity contribution in [1.29, 1.82) is 0 Å². The third-order valence-electron chi connectivity index (χ3n) is 7.39. The number of rotatable bonds is 5. The first kappa shape index (κ1) is 23.1. The Hall–Kier alpha value is -3.37. The molecule has 0 aliphatic carbocycles. The fraction of sp³-hybridized carbons (Fsp3) is 0.281. The third-order valence-corrected chi connectivity index (χ3v) is 8.47. The van der Waals surface area contributed by atoms with Crippen molar-refractivity contribution in [1.82, 2.24) is 4.98 Å². The number of para-hydroxylation sites is 3. The average molecular weight is 492 g/mol. The molecule has 0 bridgehead atoms. The van der Waals surface area contributed by atoms with Gasteiger partial charge >= 0.3 is 0 Å². The maximum Gasteiger partial charge on any atom is 0.130 e. The minimum atomic E-state index is 0.0158. The molecule has 5 aromatic rings. The standard InChI is InChI=1S/C32H33N3S/c1-6-22-15-16-25-26-18-21(14-17-29(26)36-32(25)33-22)31-34-27-12-7-8-13-28(27)35(31)30-23(19(2)3)10-9-11-24(30)20(4)5/h7-20,31,34H,6H2,1-5H3. The lowest BCUT2D eigenvalue weighted by Crippen LogP contribution is -2.26. The summed E-state index contributed by atoms with van der Waals surface area (Å²) < 4.78 is 1.29. The van der Waals surface area contributed by atoms with Crippen molar-refractivity contribution in [2.45, 2.75) is 59.0 Å². The topological polar surface area (TPSA) is 28.2 Å². The van der Waals surface area contributed by atoms with Gasteiger partial charge in [-0.05, 0) is 71.3 Å². The molecule has 0 fully saturated rings. The number of aryl methyl sites for hydroxylation is 1. The molecule has 1 aliphatic rings. The molecule has 4 heteroatoms. The zero-order chi connectivity index (χ0) is 25.0. The first-order valence-electron chi connectivity index (χ1n) is 13.1. The summed E-state index contributed by atoms with van der Waals surface area (Å²) in [5.41, 5.74) is 8.97. The first-order chi connectivity index (χ1) is 17.5. The number of anilines is 3. The second kappa shape index (κ2) is 8.94. The summed E-state index contributed by atoms with van der Waals surface area (Å²) in [5.74, 6) is 0.850. The highest BCUT2D eigenvalue weighted by atomic mass is 32.1. The van der Waals surface area contributed by atoms with Crippen LogP contribution in [0.15, 0.2) is 72.8 Å². The molecule has 1 aliphatic heterocycles. The summed E-state index contributed by atoms with van der Waals surface area (Å²) in [5, 5.41) is 6.41. The highest BCUT2D eigenvalue weighted by molar-refractivity contribution is 7.25. The van der Waals surface area contributed by atoms with Crippen LogP contribution in [0.25, 0.3) is 20.3 Å². The average Bonchev–Trinajstić information content (AvgIpc) is 3.45. The van der Waals surface area contributed by atoms with Gasteiger partial charge in [-0.25, -0.2) is 4.98 Å². The van der Waals surface area contributed by atoms with Gasteiger partial charge in [0.2, 0.25) is 0 Å². The summed E-state index contributed by atoms with van der Waals surface area (Å²) in [6, 6.07) is 26.9. The van der Waals surface area contributed by atoms with Gasteiger partial charge in [0, 0.05) is 21.2 Å². The molecule has 36 heavy (non-hydrogen) atoms. The van der Waals surface area contributed by atoms with Gasteiger partial charge in [-0.1, -0.05) is 71.0 Å². The number of aromatic nitrogens is 1. The van der Waals surface area contributed by atoms with E-state index in [2.05, 4.69) is 118 Å². The van der Waals surface area contributed by atoms with E-state index in [-0.39, 0.29) is 6.17 Å². The lowest BCUT2D eigenvalue weighted by Gasteiger charge is -2.33. The molecule has 6 rings (SSSR count). The van der Waals surface area contributed by atoms with E-state index in [0.717, 1.165) is 16.9 Å². The highest BCUT2D eigenvalue weighted by Crippen LogP contribution is 2.50. The van der Waals surface area contributed by atoms with Crippen molar-refractivity contribution in [3.63, 3.8) is 0 Å². The zero-order valence-electron chi connectivity index (χ0n) is 21.7. The second-order valence-corrected chi connectivity index (χ2v) is 11.4. The molecule has 182 valence electrons. The lowest BCUT2D eigenvalue weighted by atomic mass is 9.91. The number of hydrogen-bond donors (Lipinski definition) is 1. The van der Waals surface area contributed by atoms with Crippen LogP contribution in [0.2, 0.25) is 0 Å². The monoisotopic (exact) mass is 491 g/mol. The fourth-order valence-electron chi connectivity index (χ4n) is 5.51. The van der Waals surface area contributed by atoms with Crippen LogP contribution in [0, 0.1) is 0 Å². The molecule has 3 heterocycles. The van der Waals surface area contributed by atoms with Gasteiger partial charge in [0.15, 0.2) is 0 Å². The van der Waals surface area contributed by atoms with Crippen LogP contribution in [0.4, 0.5) is 17.1 Å². The highest BCUT2D eigenvalue weighted by Gasteiger charge is 2.34. The quantitative estimate of drug-likeness (QED) is 0.265. The Labute approximate surface area is 217 Å². The Morgan fingerprint density at radius 3 is 2.33 bits per heavy atom. The van der Waals surface area contributed by atoms with Gasteiger partial charge in [-0.3, -0.25) is 0 Å². The Morgan fingerprint density at radius 1 is 0.861 bits per heavy atom. The van der Waals surface area contributed by atoms with E-state index in [4.69, 9.17) is 4.98 Å². The number of benzene rings is 3. The molecule has 0 amide bonds. The summed E-state index contributed by atoms with van der Waals surface area (Å²) in [7, 11) is 0. The van der Waals surface area contributed by atoms with E-state index in [9.17, 15) is 0 Å². The van der Waals surface area contributed by atoms with Crippen LogP contribution in [0.5, 0.6) is 0 Å². The summed E-state index contributed by atoms with van der Waals surface area (Å²) in [6.07, 6.45) is 0.976. The predicted octanol–water partition coefficient (Wildman–Crippen LogP) is 9.52. The van der Waals surface area contributed by atoms with E-state index >= 15 is 0 Å². The number of thiophene rings is 1. The van der Waals surface area contributed by atoms with Crippen LogP contribution in [0.1, 0.15) is 75.0 Å². The molecule has 3 nitrogen and oxygen atoms in total. The van der Waals surface area contributed by atoms with E-state index in [1.54, 1.807) is 11.3 Å². The van der Waals surface area contributed by atoms with Gasteiger partial charge < -0.3 is 10.2 Å². The van der Waals surface area contributed by atoms with E-state index in [1.165, 1.54) is 49.2 Å². The maximum atomic E-state index is 4.91. The Bertz CT molecular complexity index is 1550. The third kappa shape index (κ3) is 3.67. The molecular formula is C32H33N3S. The Balaban J connectivity index is 1.56. The van der Waals surface area contributed by atoms with Crippen LogP contribution in [-0.2, 0) is 6.42 Å². The van der Waals surface area contributed by atoms with Gasteiger partial charge in [0.25, 0.3) is 0 Å². The summed E-state index contributed by atoms with van der Waals surface area (Å²) in [4.78, 5) is 8.58. The molecular weight excluding hydrogens is 458 g/mol. The second-order valence-electron chi connectivity index (χ2n) is 10.4. The molecule has 3 aromatic carbocycles. The Morgan fingerprint density at radius 2 is 1.61 bits per heavy atom. The van der Waals surface area contributed by atoms with Crippen molar-refractivity contribution < 1.29 is 0 Å². The molecule has 0 spiro atoms. The number of fused-ring (bicyclic) bond motifs is 4. The van der Waals surface area contributed by atoms with E-state index < -0.39 is 0 Å². The minimum Gasteiger partial charge on any atom is -0.359 e. The van der Waals surface area contributed by atoms with Gasteiger partial charge in [0.1, 0.15) is 11.0 Å². The Kier molecular flexibility index (Phi) is 5.72. The number of nitrogens with zero attached hydrogens (tertiary/aromatic N) is 2. The van der Waals surface area contributed by atoms with Crippen LogP contribution in [0.3, 0.4) is 0 Å². The van der Waals surface area contributed by atoms with Gasteiger partial charge in [-0.2, -0.15) is 0 Å². The summed E-state index contributed by atoms with van der Waals surface area (Å²) >= 11 is 1.79. The lowest BCUT2D eigenvalue weighted by molar-refractivity contribution is 0.776. The molecule has 0 saturated carbocycles. The van der Waals surface area contributed by atoms with E-state index in [1.807, 2.05) is 0 Å². The normalized spacial score (nSPS) is 15.3. The molecule has 0 saturated heterocycles. The van der Waals surface area contributed by atoms with Crippen molar-refractivity contribution in [3.05, 3.63) is 95.2 Å². The van der Waals surface area contributed by atoms with Crippen molar-refractivity contribution in [3.8, 4) is 0 Å². The smallest absolute Gasteiger partial charge is 0.130 e. The minimum absolute atomic E-state index is 0.0158. The van der Waals surface area contributed by atoms with Crippen molar-refractivity contribution in [2.75, 3.05) is 10.2 Å². The fourth-order valence-corrected chi connectivity index (χ4v) is 6.58. The number of hydrogen-bond acceptors (Lipinski definition) is 4. The molecule has 1 N–H and O–H groups in total.